The molecule has 8 saturated heterocycles. The Morgan fingerprint density at radius 3 is 1.37 bits per heavy atom. The lowest BCUT2D eigenvalue weighted by Crippen LogP contribution is -2.77. The lowest BCUT2D eigenvalue weighted by molar-refractivity contribution is -0.166. The molecule has 2 spiro atoms. The number of nitrogens with zero attached hydrogens (tertiary/aromatic N) is 4. The Morgan fingerprint density at radius 2 is 0.978 bits per heavy atom. The number of benzene rings is 2. The first-order valence-corrected chi connectivity index (χ1v) is 19.2. The maximum absolute atomic E-state index is 14.7. The highest BCUT2D eigenvalue weighted by atomic mass is 33.1. The molecule has 8 fully saturated rings. The summed E-state index contributed by atoms with van der Waals surface area (Å²) in [5, 5.41) is 33.6. The number of hydrogen-bond acceptors (Lipinski definition) is 12. The predicted molar refractivity (Wildman–Crippen MR) is 175 cm³/mol. The minimum Gasteiger partial charge on any atom is -0.388 e. The van der Waals surface area contributed by atoms with Crippen LogP contribution in [0.2, 0.25) is 0 Å². The van der Waals surface area contributed by atoms with E-state index in [2.05, 4.69) is 10.6 Å². The number of nitrogens with one attached hydrogen (secondary N) is 2. The molecule has 46 heavy (non-hydrogen) atoms. The van der Waals surface area contributed by atoms with E-state index in [-0.39, 0.29) is 11.8 Å². The van der Waals surface area contributed by atoms with Crippen LogP contribution in [-0.4, -0.2) is 112 Å². The Balaban J connectivity index is 1.36. The van der Waals surface area contributed by atoms with E-state index in [9.17, 15) is 29.4 Å². The van der Waals surface area contributed by atoms with Gasteiger partial charge < -0.3 is 30.6 Å². The third-order valence-corrected chi connectivity index (χ3v) is 19.5. The first kappa shape index (κ1) is 28.3. The number of fused-ring (bicyclic) bond motifs is 11. The number of aliphatic hydroxyl groups excluding tert-OH is 2. The van der Waals surface area contributed by atoms with Crippen molar-refractivity contribution in [2.45, 2.75) is 68.7 Å². The van der Waals surface area contributed by atoms with Crippen LogP contribution in [0, 0.1) is 0 Å². The smallest absolute Gasteiger partial charge is 0.264 e. The van der Waals surface area contributed by atoms with Crippen LogP contribution < -0.4 is 10.6 Å². The molecule has 2 aromatic carbocycles. The van der Waals surface area contributed by atoms with Crippen molar-refractivity contribution in [3.8, 4) is 0 Å². The summed E-state index contributed by atoms with van der Waals surface area (Å²) in [5.41, 5.74) is -0.775. The van der Waals surface area contributed by atoms with E-state index in [1.165, 1.54) is 62.8 Å². The zero-order valence-corrected chi connectivity index (χ0v) is 28.1. The van der Waals surface area contributed by atoms with Crippen molar-refractivity contribution >= 4 is 78.2 Å². The van der Waals surface area contributed by atoms with Crippen molar-refractivity contribution in [3.05, 3.63) is 59.7 Å². The number of rotatable bonds is 1. The first-order chi connectivity index (χ1) is 21.8. The molecule has 10 heterocycles. The van der Waals surface area contributed by atoms with E-state index < -0.39 is 66.7 Å². The van der Waals surface area contributed by atoms with Crippen LogP contribution in [0.5, 0.6) is 0 Å². The van der Waals surface area contributed by atoms with Crippen LogP contribution in [0.25, 0.3) is 0 Å². The molecule has 0 radical (unpaired) electrons. The molecule has 4 bridgehead atoms. The fourth-order valence-electron chi connectivity index (χ4n) is 9.79. The zero-order chi connectivity index (χ0) is 32.1. The quantitative estimate of drug-likeness (QED) is 0.320. The lowest BCUT2D eigenvalue weighted by atomic mass is 9.52. The van der Waals surface area contributed by atoms with E-state index in [0.29, 0.717) is 22.5 Å². The molecule has 1 unspecified atom stereocenters. The average Bonchev–Trinajstić information content (AvgIpc) is 3.70. The number of likely N-dealkylation sites (N-methyl/N-ethyl adjacent to an activating group) is 2. The molecule has 4 amide bonds. The molecule has 16 heteroatoms. The molecular formula is C30H28N6O6S4. The standard InChI is InChI=1S/C30H28N6O6S4/c1-25-21(39)35-19-27(13-9-5-7-11-15(13)31-19,17(37)29(35,45-43-25)23(41)33(25)3)28-14-10-6-8-12-16(14)32-20(28)36-22(40)26(2)34(4)24(42)30(36,18(28)38)46-44-26/h5-12,17-20,31-32,37-38H,1-4H3/t17-,18-,19+,20+,25-,26-,27+,28?,29-,30-/m0/s1. The molecule has 238 valence electrons. The van der Waals surface area contributed by atoms with Gasteiger partial charge in [-0.05, 0) is 58.7 Å². The maximum Gasteiger partial charge on any atom is 0.264 e. The Bertz CT molecular complexity index is 1760. The van der Waals surface area contributed by atoms with Crippen LogP contribution in [0.4, 0.5) is 11.4 Å². The van der Waals surface area contributed by atoms with Crippen LogP contribution in [-0.2, 0) is 30.0 Å². The molecule has 0 saturated carbocycles. The SMILES string of the molecule is CN1C(=O)[C@]23SS[C@@]1(C)C(=O)N2[C@H]1Nc2ccccc2C1([C@@]12c4ccccc4N[C@@H]1N1C(=O)[C@]4(C)SS[C@]1(C(=O)N4C)[C@H]2O)[C@@H]3O. The van der Waals surface area contributed by atoms with Crippen molar-refractivity contribution < 1.29 is 29.4 Å². The second-order valence-corrected chi connectivity index (χ2v) is 19.0. The van der Waals surface area contributed by atoms with Crippen molar-refractivity contribution in [1.29, 1.82) is 0 Å². The van der Waals surface area contributed by atoms with Gasteiger partial charge in [0.05, 0.1) is 10.8 Å². The summed E-state index contributed by atoms with van der Waals surface area (Å²) in [6.45, 7) is 3.42. The third-order valence-electron chi connectivity index (χ3n) is 12.1. The summed E-state index contributed by atoms with van der Waals surface area (Å²) in [5.74, 6) is -1.52. The predicted octanol–water partition coefficient (Wildman–Crippen LogP) is 1.33. The largest absolute Gasteiger partial charge is 0.388 e. The summed E-state index contributed by atoms with van der Waals surface area (Å²) in [6.07, 6.45) is -5.21. The lowest BCUT2D eigenvalue weighted by Gasteiger charge is -2.58. The summed E-state index contributed by atoms with van der Waals surface area (Å²) in [6, 6.07) is 14.8. The minimum absolute atomic E-state index is 0.342. The van der Waals surface area contributed by atoms with E-state index >= 15 is 0 Å². The van der Waals surface area contributed by atoms with Gasteiger partial charge >= 0.3 is 0 Å². The fraction of sp³-hybridized carbons (Fsp3) is 0.467. The maximum atomic E-state index is 14.7. The van der Waals surface area contributed by atoms with Crippen molar-refractivity contribution in [2.24, 2.45) is 0 Å². The topological polar surface area (TPSA) is 146 Å². The highest BCUT2D eigenvalue weighted by molar-refractivity contribution is 8.78. The Labute approximate surface area is 279 Å². The van der Waals surface area contributed by atoms with E-state index in [4.69, 9.17) is 0 Å². The van der Waals surface area contributed by atoms with Gasteiger partial charge in [0.25, 0.3) is 23.6 Å². The minimum atomic E-state index is -1.76. The van der Waals surface area contributed by atoms with E-state index in [1.54, 1.807) is 27.9 Å². The van der Waals surface area contributed by atoms with Gasteiger partial charge in [0, 0.05) is 25.5 Å². The fourth-order valence-corrected chi connectivity index (χ4v) is 16.9. The molecule has 2 aromatic rings. The average molecular weight is 697 g/mol. The highest BCUT2D eigenvalue weighted by Crippen LogP contribution is 2.78. The van der Waals surface area contributed by atoms with E-state index in [1.807, 2.05) is 48.5 Å². The molecule has 10 aliphatic heterocycles. The summed E-state index contributed by atoms with van der Waals surface area (Å²) in [4.78, 5) is 58.2. The van der Waals surface area contributed by atoms with Gasteiger partial charge in [0.1, 0.15) is 24.5 Å². The molecule has 10 atom stereocenters. The molecule has 0 aromatic heterocycles. The van der Waals surface area contributed by atoms with Gasteiger partial charge in [-0.25, -0.2) is 0 Å². The number of carbonyl (C=O) groups is 4. The Kier molecular flexibility index (Phi) is 4.87. The monoisotopic (exact) mass is 696 g/mol. The van der Waals surface area contributed by atoms with Crippen LogP contribution in [0.3, 0.4) is 0 Å². The van der Waals surface area contributed by atoms with Gasteiger partial charge in [-0.2, -0.15) is 0 Å². The van der Waals surface area contributed by atoms with Crippen LogP contribution >= 0.6 is 43.2 Å². The van der Waals surface area contributed by atoms with Crippen LogP contribution in [0.1, 0.15) is 25.0 Å². The first-order valence-electron chi connectivity index (χ1n) is 14.9. The second-order valence-electron chi connectivity index (χ2n) is 13.5. The Hall–Kier alpha value is -2.76. The van der Waals surface area contributed by atoms with E-state index in [0.717, 1.165) is 0 Å². The van der Waals surface area contributed by atoms with Crippen molar-refractivity contribution in [3.63, 3.8) is 0 Å². The third kappa shape index (κ3) is 2.30. The molecule has 4 N–H and O–H groups in total. The molecule has 12 nitrogen and oxygen atoms in total. The van der Waals surface area contributed by atoms with Gasteiger partial charge in [-0.15, -0.1) is 0 Å². The number of para-hydroxylation sites is 2. The summed E-state index contributed by atoms with van der Waals surface area (Å²) in [7, 11) is 7.98. The number of amides is 4. The molecule has 12 rings (SSSR count). The van der Waals surface area contributed by atoms with Crippen molar-refractivity contribution in [1.82, 2.24) is 19.6 Å². The zero-order valence-electron chi connectivity index (χ0n) is 24.9. The Morgan fingerprint density at radius 1 is 0.609 bits per heavy atom. The molecular weight excluding hydrogens is 669 g/mol. The van der Waals surface area contributed by atoms with Crippen molar-refractivity contribution in [2.75, 3.05) is 24.7 Å². The van der Waals surface area contributed by atoms with Gasteiger partial charge in [-0.1, -0.05) is 58.0 Å². The highest BCUT2D eigenvalue weighted by Gasteiger charge is 2.92. The number of piperazine rings is 2. The second kappa shape index (κ2) is 7.92. The summed E-state index contributed by atoms with van der Waals surface area (Å²) >= 11 is 0. The molecule has 10 aliphatic rings. The number of anilines is 2. The van der Waals surface area contributed by atoms with Gasteiger partial charge in [-0.3, -0.25) is 29.0 Å². The van der Waals surface area contributed by atoms with Gasteiger partial charge in [0.15, 0.2) is 9.74 Å². The number of hydrogen-bond donors (Lipinski definition) is 4. The number of aliphatic hydroxyl groups is 2. The number of carbonyl (C=O) groups excluding carboxylic acids is 4. The van der Waals surface area contributed by atoms with Crippen LogP contribution in [0.15, 0.2) is 48.5 Å². The summed E-state index contributed by atoms with van der Waals surface area (Å²) < 4.78 is 0. The molecule has 0 aliphatic carbocycles. The van der Waals surface area contributed by atoms with Gasteiger partial charge in [0.2, 0.25) is 9.74 Å². The normalized spacial score (nSPS) is 47.0.